The summed E-state index contributed by atoms with van der Waals surface area (Å²) in [6.07, 6.45) is 17.0. The molecule has 3 unspecified atom stereocenters. The second kappa shape index (κ2) is 11.6. The predicted octanol–water partition coefficient (Wildman–Crippen LogP) is 4.96. The molecule has 1 rings (SSSR count). The normalized spacial score (nSPS) is 27.4. The van der Waals surface area contributed by atoms with Crippen molar-refractivity contribution in [2.45, 2.75) is 110 Å². The Bertz CT molecular complexity index is 342. The van der Waals surface area contributed by atoms with E-state index >= 15 is 0 Å². The van der Waals surface area contributed by atoms with Gasteiger partial charge < -0.3 is 17.2 Å². The van der Waals surface area contributed by atoms with Crippen LogP contribution in [0.5, 0.6) is 0 Å². The summed E-state index contributed by atoms with van der Waals surface area (Å²) >= 11 is 0. The van der Waals surface area contributed by atoms with Gasteiger partial charge in [-0.1, -0.05) is 72.1 Å². The van der Waals surface area contributed by atoms with E-state index < -0.39 is 0 Å². The number of rotatable bonds is 13. The van der Waals surface area contributed by atoms with Crippen LogP contribution < -0.4 is 17.2 Å². The molecule has 1 aliphatic carbocycles. The third-order valence-electron chi connectivity index (χ3n) is 6.31. The van der Waals surface area contributed by atoms with Gasteiger partial charge >= 0.3 is 0 Å². The summed E-state index contributed by atoms with van der Waals surface area (Å²) in [5, 5.41) is 0. The van der Waals surface area contributed by atoms with Gasteiger partial charge in [0.1, 0.15) is 0 Å². The Morgan fingerprint density at radius 2 is 1.32 bits per heavy atom. The van der Waals surface area contributed by atoms with E-state index in [0.717, 1.165) is 13.1 Å². The highest BCUT2D eigenvalue weighted by molar-refractivity contribution is 4.94. The number of hydrogen-bond donors (Lipinski definition) is 3. The predicted molar refractivity (Wildman–Crippen MR) is 111 cm³/mol. The minimum Gasteiger partial charge on any atom is -0.330 e. The first-order valence-electron chi connectivity index (χ1n) is 11.0. The molecule has 1 saturated carbocycles. The zero-order valence-electron chi connectivity index (χ0n) is 17.5. The SMILES string of the molecule is CC1(C)CC(C(N)CCCCCCCCCCCN)CC(C)(CN)C1. The van der Waals surface area contributed by atoms with E-state index in [4.69, 9.17) is 17.2 Å². The van der Waals surface area contributed by atoms with Gasteiger partial charge in [0, 0.05) is 6.04 Å². The monoisotopic (exact) mass is 353 g/mol. The molecule has 0 bridgehead atoms. The Morgan fingerprint density at radius 1 is 0.800 bits per heavy atom. The first-order valence-corrected chi connectivity index (χ1v) is 11.0. The first-order chi connectivity index (χ1) is 11.8. The van der Waals surface area contributed by atoms with Gasteiger partial charge in [-0.2, -0.15) is 0 Å². The molecule has 6 N–H and O–H groups in total. The molecule has 0 saturated heterocycles. The summed E-state index contributed by atoms with van der Waals surface area (Å²) in [5.74, 6) is 0.653. The van der Waals surface area contributed by atoms with E-state index in [-0.39, 0.29) is 5.41 Å². The van der Waals surface area contributed by atoms with Crippen molar-refractivity contribution in [3.8, 4) is 0 Å². The average molecular weight is 354 g/mol. The van der Waals surface area contributed by atoms with E-state index in [1.54, 1.807) is 0 Å². The van der Waals surface area contributed by atoms with Crippen LogP contribution in [0.15, 0.2) is 0 Å². The van der Waals surface area contributed by atoms with Crippen molar-refractivity contribution in [3.05, 3.63) is 0 Å². The van der Waals surface area contributed by atoms with Crippen LogP contribution in [0.1, 0.15) is 104 Å². The molecular weight excluding hydrogens is 306 g/mol. The van der Waals surface area contributed by atoms with Gasteiger partial charge in [-0.3, -0.25) is 0 Å². The van der Waals surface area contributed by atoms with Crippen molar-refractivity contribution in [2.75, 3.05) is 13.1 Å². The summed E-state index contributed by atoms with van der Waals surface area (Å²) in [5.41, 5.74) is 18.9. The lowest BCUT2D eigenvalue weighted by atomic mass is 9.59. The van der Waals surface area contributed by atoms with Crippen LogP contribution in [0.4, 0.5) is 0 Å². The Hall–Kier alpha value is -0.120. The van der Waals surface area contributed by atoms with Gasteiger partial charge in [-0.15, -0.1) is 0 Å². The largest absolute Gasteiger partial charge is 0.330 e. The fraction of sp³-hybridized carbons (Fsp3) is 1.00. The summed E-state index contributed by atoms with van der Waals surface area (Å²) in [7, 11) is 0. The lowest BCUT2D eigenvalue weighted by Gasteiger charge is -2.48. The Morgan fingerprint density at radius 3 is 1.84 bits per heavy atom. The lowest BCUT2D eigenvalue weighted by molar-refractivity contribution is 0.0474. The third kappa shape index (κ3) is 9.40. The first kappa shape index (κ1) is 22.9. The van der Waals surface area contributed by atoms with E-state index in [1.165, 1.54) is 83.5 Å². The molecule has 3 heteroatoms. The van der Waals surface area contributed by atoms with E-state index in [1.807, 2.05) is 0 Å². The van der Waals surface area contributed by atoms with Crippen molar-refractivity contribution in [3.63, 3.8) is 0 Å². The van der Waals surface area contributed by atoms with Crippen molar-refractivity contribution >= 4 is 0 Å². The molecule has 0 heterocycles. The highest BCUT2D eigenvalue weighted by Crippen LogP contribution is 2.49. The number of unbranched alkanes of at least 4 members (excludes halogenated alkanes) is 8. The highest BCUT2D eigenvalue weighted by Gasteiger charge is 2.41. The molecule has 1 fully saturated rings. The third-order valence-corrected chi connectivity index (χ3v) is 6.31. The molecule has 3 atom stereocenters. The smallest absolute Gasteiger partial charge is 0.00675 e. The molecule has 0 spiro atoms. The second-order valence-corrected chi connectivity index (χ2v) is 9.95. The molecule has 150 valence electrons. The number of hydrogen-bond acceptors (Lipinski definition) is 3. The highest BCUT2D eigenvalue weighted by atomic mass is 14.7. The molecule has 3 nitrogen and oxygen atoms in total. The topological polar surface area (TPSA) is 78.1 Å². The van der Waals surface area contributed by atoms with Gasteiger partial charge in [0.2, 0.25) is 0 Å². The summed E-state index contributed by atoms with van der Waals surface area (Å²) in [6, 6.07) is 0.363. The van der Waals surface area contributed by atoms with Gasteiger partial charge in [-0.05, 0) is 61.9 Å². The van der Waals surface area contributed by atoms with Crippen LogP contribution in [0.2, 0.25) is 0 Å². The van der Waals surface area contributed by atoms with Gasteiger partial charge in [0.05, 0.1) is 0 Å². The Balaban J connectivity index is 2.14. The van der Waals surface area contributed by atoms with Crippen LogP contribution in [-0.4, -0.2) is 19.1 Å². The van der Waals surface area contributed by atoms with E-state index in [2.05, 4.69) is 20.8 Å². The molecule has 0 amide bonds. The quantitative estimate of drug-likeness (QED) is 0.409. The van der Waals surface area contributed by atoms with Crippen molar-refractivity contribution in [1.82, 2.24) is 0 Å². The molecule has 0 aromatic rings. The van der Waals surface area contributed by atoms with Gasteiger partial charge in [-0.25, -0.2) is 0 Å². The molecule has 1 aliphatic rings. The summed E-state index contributed by atoms with van der Waals surface area (Å²) < 4.78 is 0. The zero-order chi connectivity index (χ0) is 18.8. The molecule has 0 aliphatic heterocycles. The van der Waals surface area contributed by atoms with E-state index in [0.29, 0.717) is 17.4 Å². The van der Waals surface area contributed by atoms with Gasteiger partial charge in [0.25, 0.3) is 0 Å². The number of nitrogens with two attached hydrogens (primary N) is 3. The van der Waals surface area contributed by atoms with E-state index in [9.17, 15) is 0 Å². The van der Waals surface area contributed by atoms with Crippen molar-refractivity contribution in [2.24, 2.45) is 33.9 Å². The maximum Gasteiger partial charge on any atom is 0.00675 e. The second-order valence-electron chi connectivity index (χ2n) is 9.95. The molecule has 0 aromatic heterocycles. The van der Waals surface area contributed by atoms with Crippen LogP contribution in [0.3, 0.4) is 0 Å². The maximum absolute atomic E-state index is 6.60. The molecule has 0 aromatic carbocycles. The van der Waals surface area contributed by atoms with Crippen LogP contribution >= 0.6 is 0 Å². The Kier molecular flexibility index (Phi) is 10.6. The van der Waals surface area contributed by atoms with Crippen LogP contribution in [0.25, 0.3) is 0 Å². The van der Waals surface area contributed by atoms with Crippen molar-refractivity contribution < 1.29 is 0 Å². The van der Waals surface area contributed by atoms with Crippen LogP contribution in [0, 0.1) is 16.7 Å². The minimum absolute atomic E-state index is 0.286. The Labute approximate surface area is 157 Å². The molecular formula is C22H47N3. The fourth-order valence-corrected chi connectivity index (χ4v) is 5.17. The molecule has 0 radical (unpaired) electrons. The fourth-order valence-electron chi connectivity index (χ4n) is 5.17. The van der Waals surface area contributed by atoms with Crippen molar-refractivity contribution in [1.29, 1.82) is 0 Å². The maximum atomic E-state index is 6.60. The average Bonchev–Trinajstić information content (AvgIpc) is 2.54. The van der Waals surface area contributed by atoms with Crippen LogP contribution in [-0.2, 0) is 0 Å². The van der Waals surface area contributed by atoms with Gasteiger partial charge in [0.15, 0.2) is 0 Å². The summed E-state index contributed by atoms with van der Waals surface area (Å²) in [4.78, 5) is 0. The molecule has 25 heavy (non-hydrogen) atoms. The standard InChI is InChI=1S/C22H47N3/c1-21(2)15-19(16-22(3,17-21)18-24)20(25)13-11-9-7-5-4-6-8-10-12-14-23/h19-20H,4-18,23-25H2,1-3H3. The summed E-state index contributed by atoms with van der Waals surface area (Å²) in [6.45, 7) is 8.80. The lowest BCUT2D eigenvalue weighted by Crippen LogP contribution is -2.45. The minimum atomic E-state index is 0.286. The zero-order valence-corrected chi connectivity index (χ0v) is 17.5.